The topological polar surface area (TPSA) is 93.7 Å². The number of ether oxygens (including phenoxy) is 2. The Balaban J connectivity index is 2.81. The summed E-state index contributed by atoms with van der Waals surface area (Å²) >= 11 is 1.57. The molecule has 1 aromatic rings. The Morgan fingerprint density at radius 2 is 1.68 bits per heavy atom. The third-order valence-electron chi connectivity index (χ3n) is 4.15. The lowest BCUT2D eigenvalue weighted by Gasteiger charge is -2.25. The summed E-state index contributed by atoms with van der Waals surface area (Å²) < 4.78 is 10.7. The zero-order valence-corrected chi connectivity index (χ0v) is 20.2. The van der Waals surface area contributed by atoms with Gasteiger partial charge in [-0.2, -0.15) is 11.8 Å². The van der Waals surface area contributed by atoms with Gasteiger partial charge in [0.2, 0.25) is 5.91 Å². The summed E-state index contributed by atoms with van der Waals surface area (Å²) in [6, 6.07) is 7.76. The highest BCUT2D eigenvalue weighted by atomic mass is 32.2. The van der Waals surface area contributed by atoms with Crippen molar-refractivity contribution in [2.75, 3.05) is 12.0 Å². The third-order valence-corrected chi connectivity index (χ3v) is 4.79. The maximum Gasteiger partial charge on any atom is 0.408 e. The van der Waals surface area contributed by atoms with Crippen molar-refractivity contribution < 1.29 is 23.9 Å². The van der Waals surface area contributed by atoms with Gasteiger partial charge in [-0.1, -0.05) is 44.2 Å². The molecule has 0 saturated carbocycles. The highest BCUT2D eigenvalue weighted by molar-refractivity contribution is 7.98. The molecule has 0 unspecified atom stereocenters. The number of esters is 1. The maximum absolute atomic E-state index is 12.9. The van der Waals surface area contributed by atoms with Gasteiger partial charge in [0.1, 0.15) is 24.3 Å². The number of benzene rings is 1. The fraction of sp³-hybridized carbons (Fsp3) is 0.609. The third kappa shape index (κ3) is 11.7. The lowest BCUT2D eigenvalue weighted by atomic mass is 10.0. The van der Waals surface area contributed by atoms with Gasteiger partial charge < -0.3 is 20.1 Å². The minimum absolute atomic E-state index is 0.135. The van der Waals surface area contributed by atoms with Crippen LogP contribution in [0.4, 0.5) is 4.79 Å². The normalized spacial score (nSPS) is 13.3. The van der Waals surface area contributed by atoms with E-state index in [-0.39, 0.29) is 12.5 Å². The Labute approximate surface area is 190 Å². The standard InChI is InChI=1S/C23H36N2O5S/c1-16(2)14-19(21(27)29-15-17-10-8-7-9-11-17)24-20(26)18(12-13-31-6)25-22(28)30-23(3,4)5/h7-11,16,18-19H,12-15H2,1-6H3,(H,24,26)(H,25,28)/t18-,19-/m0/s1. The quantitative estimate of drug-likeness (QED) is 0.495. The van der Waals surface area contributed by atoms with Crippen LogP contribution in [0.25, 0.3) is 0 Å². The Morgan fingerprint density at radius 3 is 2.23 bits per heavy atom. The number of hydrogen-bond acceptors (Lipinski definition) is 6. The van der Waals surface area contributed by atoms with Crippen LogP contribution in [0.3, 0.4) is 0 Å². The molecule has 0 aliphatic heterocycles. The number of carbonyl (C=O) groups is 3. The summed E-state index contributed by atoms with van der Waals surface area (Å²) in [7, 11) is 0. The number of rotatable bonds is 11. The molecule has 8 heteroatoms. The van der Waals surface area contributed by atoms with Crippen molar-refractivity contribution in [1.29, 1.82) is 0 Å². The molecule has 0 saturated heterocycles. The Bertz CT molecular complexity index is 704. The van der Waals surface area contributed by atoms with E-state index in [0.29, 0.717) is 18.6 Å². The first kappa shape index (κ1) is 26.8. The Kier molecular flexibility index (Phi) is 11.5. The predicted molar refractivity (Wildman–Crippen MR) is 124 cm³/mol. The smallest absolute Gasteiger partial charge is 0.408 e. The van der Waals surface area contributed by atoms with E-state index in [2.05, 4.69) is 10.6 Å². The van der Waals surface area contributed by atoms with Gasteiger partial charge in [-0.05, 0) is 57.1 Å². The van der Waals surface area contributed by atoms with E-state index in [1.165, 1.54) is 0 Å². The first-order chi connectivity index (χ1) is 14.5. The summed E-state index contributed by atoms with van der Waals surface area (Å²) in [6.07, 6.45) is 2.10. The van der Waals surface area contributed by atoms with Crippen LogP contribution in [0.15, 0.2) is 30.3 Å². The number of hydrogen-bond donors (Lipinski definition) is 2. The van der Waals surface area contributed by atoms with Gasteiger partial charge in [0.15, 0.2) is 0 Å². The predicted octanol–water partition coefficient (Wildman–Crippen LogP) is 3.91. The van der Waals surface area contributed by atoms with Crippen molar-refractivity contribution in [3.63, 3.8) is 0 Å². The molecule has 0 bridgehead atoms. The zero-order chi connectivity index (χ0) is 23.4. The van der Waals surface area contributed by atoms with Gasteiger partial charge in [-0.25, -0.2) is 9.59 Å². The molecule has 31 heavy (non-hydrogen) atoms. The second-order valence-corrected chi connectivity index (χ2v) is 9.75. The van der Waals surface area contributed by atoms with E-state index in [1.54, 1.807) is 32.5 Å². The Morgan fingerprint density at radius 1 is 1.03 bits per heavy atom. The molecule has 7 nitrogen and oxygen atoms in total. The zero-order valence-electron chi connectivity index (χ0n) is 19.4. The van der Waals surface area contributed by atoms with Crippen LogP contribution in [0.2, 0.25) is 0 Å². The molecular weight excluding hydrogens is 416 g/mol. The van der Waals surface area contributed by atoms with Crippen LogP contribution in [0.1, 0.15) is 53.0 Å². The van der Waals surface area contributed by atoms with E-state index < -0.39 is 35.7 Å². The van der Waals surface area contributed by atoms with E-state index >= 15 is 0 Å². The van der Waals surface area contributed by atoms with Gasteiger partial charge in [-0.3, -0.25) is 4.79 Å². The van der Waals surface area contributed by atoms with Gasteiger partial charge in [0, 0.05) is 0 Å². The van der Waals surface area contributed by atoms with E-state index in [4.69, 9.17) is 9.47 Å². The highest BCUT2D eigenvalue weighted by Gasteiger charge is 2.29. The average Bonchev–Trinajstić information content (AvgIpc) is 2.67. The highest BCUT2D eigenvalue weighted by Crippen LogP contribution is 2.11. The van der Waals surface area contributed by atoms with E-state index in [9.17, 15) is 14.4 Å². The molecule has 0 heterocycles. The number of nitrogens with one attached hydrogen (secondary N) is 2. The van der Waals surface area contributed by atoms with Crippen molar-refractivity contribution in [2.24, 2.45) is 5.92 Å². The lowest BCUT2D eigenvalue weighted by Crippen LogP contribution is -2.53. The fourth-order valence-electron chi connectivity index (χ4n) is 2.74. The van der Waals surface area contributed by atoms with Gasteiger partial charge in [0.25, 0.3) is 0 Å². The van der Waals surface area contributed by atoms with Crippen LogP contribution in [0.5, 0.6) is 0 Å². The minimum atomic E-state index is -0.807. The van der Waals surface area contributed by atoms with Crippen LogP contribution in [0, 0.1) is 5.92 Å². The molecule has 0 radical (unpaired) electrons. The summed E-state index contributed by atoms with van der Waals surface area (Å²) in [5, 5.41) is 5.39. The number of thioether (sulfide) groups is 1. The first-order valence-corrected chi connectivity index (χ1v) is 11.9. The van der Waals surface area contributed by atoms with Crippen molar-refractivity contribution >= 4 is 29.7 Å². The van der Waals surface area contributed by atoms with Gasteiger partial charge in [-0.15, -0.1) is 0 Å². The van der Waals surface area contributed by atoms with Crippen molar-refractivity contribution in [3.05, 3.63) is 35.9 Å². The number of amides is 2. The summed E-state index contributed by atoms with van der Waals surface area (Å²) in [6.45, 7) is 9.33. The molecular formula is C23H36N2O5S. The number of carbonyl (C=O) groups excluding carboxylic acids is 3. The lowest BCUT2D eigenvalue weighted by molar-refractivity contribution is -0.149. The molecule has 0 aromatic heterocycles. The van der Waals surface area contributed by atoms with Crippen LogP contribution < -0.4 is 10.6 Å². The monoisotopic (exact) mass is 452 g/mol. The fourth-order valence-corrected chi connectivity index (χ4v) is 3.21. The molecule has 2 N–H and O–H groups in total. The Hall–Kier alpha value is -2.22. The summed E-state index contributed by atoms with van der Waals surface area (Å²) in [5.41, 5.74) is 0.196. The summed E-state index contributed by atoms with van der Waals surface area (Å²) in [4.78, 5) is 37.8. The minimum Gasteiger partial charge on any atom is -0.459 e. The van der Waals surface area contributed by atoms with Crippen molar-refractivity contribution in [2.45, 2.75) is 71.8 Å². The molecule has 0 aliphatic carbocycles. The van der Waals surface area contributed by atoms with E-state index in [1.807, 2.05) is 50.4 Å². The molecule has 0 spiro atoms. The molecule has 0 aliphatic rings. The number of alkyl carbamates (subject to hydrolysis) is 1. The second-order valence-electron chi connectivity index (χ2n) is 8.76. The maximum atomic E-state index is 12.9. The van der Waals surface area contributed by atoms with Crippen LogP contribution >= 0.6 is 11.8 Å². The molecule has 2 amide bonds. The first-order valence-electron chi connectivity index (χ1n) is 10.5. The summed E-state index contributed by atoms with van der Waals surface area (Å²) in [5.74, 6) is -0.0895. The average molecular weight is 453 g/mol. The largest absolute Gasteiger partial charge is 0.459 e. The van der Waals surface area contributed by atoms with Crippen molar-refractivity contribution in [1.82, 2.24) is 10.6 Å². The molecule has 1 rings (SSSR count). The molecule has 0 fully saturated rings. The molecule has 2 atom stereocenters. The van der Waals surface area contributed by atoms with Gasteiger partial charge >= 0.3 is 12.1 Å². The second kappa shape index (κ2) is 13.2. The van der Waals surface area contributed by atoms with Gasteiger partial charge in [0.05, 0.1) is 0 Å². The van der Waals surface area contributed by atoms with E-state index in [0.717, 1.165) is 5.56 Å². The van der Waals surface area contributed by atoms with Crippen LogP contribution in [-0.2, 0) is 25.7 Å². The SMILES string of the molecule is CSCC[C@H](NC(=O)OC(C)(C)C)C(=O)N[C@@H](CC(C)C)C(=O)OCc1ccccc1. The van der Waals surface area contributed by atoms with Crippen molar-refractivity contribution in [3.8, 4) is 0 Å². The molecule has 1 aromatic carbocycles. The molecule has 174 valence electrons. The van der Waals surface area contributed by atoms with Crippen LogP contribution in [-0.4, -0.2) is 47.7 Å².